The molecule has 0 bridgehead atoms. The molecule has 21 heavy (non-hydrogen) atoms. The van der Waals surface area contributed by atoms with E-state index in [1.807, 2.05) is 68.4 Å². The summed E-state index contributed by atoms with van der Waals surface area (Å²) in [6.45, 7) is 3.93. The molecule has 4 nitrogen and oxygen atoms in total. The van der Waals surface area contributed by atoms with Crippen molar-refractivity contribution in [1.29, 1.82) is 0 Å². The van der Waals surface area contributed by atoms with E-state index in [1.54, 1.807) is 0 Å². The van der Waals surface area contributed by atoms with Crippen LogP contribution in [0.1, 0.15) is 13.8 Å². The van der Waals surface area contributed by atoms with Gasteiger partial charge in [-0.25, -0.2) is 0 Å². The van der Waals surface area contributed by atoms with E-state index in [2.05, 4.69) is 5.32 Å². The quantitative estimate of drug-likeness (QED) is 0.884. The number of hydrogen-bond donors (Lipinski definition) is 2. The molecule has 4 heteroatoms. The van der Waals surface area contributed by atoms with Crippen molar-refractivity contribution in [2.75, 3.05) is 11.9 Å². The zero-order valence-electron chi connectivity index (χ0n) is 12.3. The molecule has 0 saturated heterocycles. The summed E-state index contributed by atoms with van der Waals surface area (Å²) in [4.78, 5) is 12.0. The summed E-state index contributed by atoms with van der Waals surface area (Å²) < 4.78 is 5.69. The van der Waals surface area contributed by atoms with Gasteiger partial charge in [0.1, 0.15) is 11.5 Å². The van der Waals surface area contributed by atoms with E-state index < -0.39 is 5.41 Å². The van der Waals surface area contributed by atoms with Crippen LogP contribution in [0.25, 0.3) is 0 Å². The largest absolute Gasteiger partial charge is 0.457 e. The molecule has 0 aliphatic rings. The zero-order chi connectivity index (χ0) is 15.3. The first-order valence-corrected chi connectivity index (χ1v) is 6.86. The zero-order valence-corrected chi connectivity index (χ0v) is 12.3. The van der Waals surface area contributed by atoms with Crippen LogP contribution < -0.4 is 15.8 Å². The molecule has 110 valence electrons. The smallest absolute Gasteiger partial charge is 0.231 e. The second-order valence-corrected chi connectivity index (χ2v) is 5.48. The highest BCUT2D eigenvalue weighted by atomic mass is 16.5. The molecule has 0 saturated carbocycles. The van der Waals surface area contributed by atoms with E-state index in [1.165, 1.54) is 0 Å². The standard InChI is InChI=1S/C17H20N2O2/c1-17(2,12-18)16(20)19-13-8-10-15(11-9-13)21-14-6-4-3-5-7-14/h3-11H,12,18H2,1-2H3,(H,19,20). The van der Waals surface area contributed by atoms with Gasteiger partial charge in [0, 0.05) is 12.2 Å². The number of carbonyl (C=O) groups is 1. The summed E-state index contributed by atoms with van der Waals surface area (Å²) in [7, 11) is 0. The molecule has 3 N–H and O–H groups in total. The summed E-state index contributed by atoms with van der Waals surface area (Å²) in [5.74, 6) is 1.40. The van der Waals surface area contributed by atoms with E-state index in [0.29, 0.717) is 6.54 Å². The van der Waals surface area contributed by atoms with Crippen molar-refractivity contribution in [2.45, 2.75) is 13.8 Å². The summed E-state index contributed by atoms with van der Waals surface area (Å²) >= 11 is 0. The maximum Gasteiger partial charge on any atom is 0.231 e. The molecular formula is C17H20N2O2. The van der Waals surface area contributed by atoms with Crippen molar-refractivity contribution in [2.24, 2.45) is 11.1 Å². The van der Waals surface area contributed by atoms with Crippen molar-refractivity contribution in [1.82, 2.24) is 0 Å². The van der Waals surface area contributed by atoms with Gasteiger partial charge in [0.25, 0.3) is 0 Å². The van der Waals surface area contributed by atoms with E-state index in [9.17, 15) is 4.79 Å². The number of anilines is 1. The van der Waals surface area contributed by atoms with Crippen molar-refractivity contribution in [3.8, 4) is 11.5 Å². The lowest BCUT2D eigenvalue weighted by atomic mass is 9.92. The fourth-order valence-electron chi connectivity index (χ4n) is 1.62. The van der Waals surface area contributed by atoms with Gasteiger partial charge < -0.3 is 15.8 Å². The molecule has 0 aliphatic carbocycles. The number of amides is 1. The molecule has 0 aliphatic heterocycles. The second kappa shape index (κ2) is 6.41. The SMILES string of the molecule is CC(C)(CN)C(=O)Nc1ccc(Oc2ccccc2)cc1. The predicted molar refractivity (Wildman–Crippen MR) is 84.4 cm³/mol. The molecule has 0 aromatic heterocycles. The van der Waals surface area contributed by atoms with Gasteiger partial charge in [-0.3, -0.25) is 4.79 Å². The van der Waals surface area contributed by atoms with Gasteiger partial charge in [-0.2, -0.15) is 0 Å². The second-order valence-electron chi connectivity index (χ2n) is 5.48. The third-order valence-corrected chi connectivity index (χ3v) is 3.22. The number of rotatable bonds is 5. The van der Waals surface area contributed by atoms with Crippen molar-refractivity contribution in [3.63, 3.8) is 0 Å². The number of para-hydroxylation sites is 1. The van der Waals surface area contributed by atoms with Gasteiger partial charge in [0.15, 0.2) is 0 Å². The molecule has 1 amide bonds. The monoisotopic (exact) mass is 284 g/mol. The maximum atomic E-state index is 12.0. The molecule has 0 spiro atoms. The van der Waals surface area contributed by atoms with E-state index in [4.69, 9.17) is 10.5 Å². The number of nitrogens with two attached hydrogens (primary N) is 1. The number of hydrogen-bond acceptors (Lipinski definition) is 3. The first kappa shape index (κ1) is 15.1. The summed E-state index contributed by atoms with van der Waals surface area (Å²) in [6.07, 6.45) is 0. The number of ether oxygens (including phenoxy) is 1. The van der Waals surface area contributed by atoms with E-state index in [-0.39, 0.29) is 5.91 Å². The van der Waals surface area contributed by atoms with Crippen molar-refractivity contribution in [3.05, 3.63) is 54.6 Å². The van der Waals surface area contributed by atoms with Gasteiger partial charge >= 0.3 is 0 Å². The Balaban J connectivity index is 2.01. The van der Waals surface area contributed by atoms with Gasteiger partial charge in [-0.1, -0.05) is 18.2 Å². The van der Waals surface area contributed by atoms with Crippen LogP contribution in [0, 0.1) is 5.41 Å². The molecule has 0 fully saturated rings. The Hall–Kier alpha value is -2.33. The average molecular weight is 284 g/mol. The van der Waals surface area contributed by atoms with Gasteiger partial charge in [-0.15, -0.1) is 0 Å². The fourth-order valence-corrected chi connectivity index (χ4v) is 1.62. The highest BCUT2D eigenvalue weighted by Gasteiger charge is 2.25. The Morgan fingerprint density at radius 2 is 1.62 bits per heavy atom. The van der Waals surface area contributed by atoms with E-state index >= 15 is 0 Å². The van der Waals surface area contributed by atoms with Crippen molar-refractivity contribution < 1.29 is 9.53 Å². The fraction of sp³-hybridized carbons (Fsp3) is 0.235. The Kier molecular flexibility index (Phi) is 4.60. The lowest BCUT2D eigenvalue weighted by Gasteiger charge is -2.21. The third-order valence-electron chi connectivity index (χ3n) is 3.22. The predicted octanol–water partition coefficient (Wildman–Crippen LogP) is 3.40. The minimum Gasteiger partial charge on any atom is -0.457 e. The molecule has 0 atom stereocenters. The minimum atomic E-state index is -0.584. The normalized spacial score (nSPS) is 11.0. The summed E-state index contributed by atoms with van der Waals surface area (Å²) in [6, 6.07) is 16.8. The van der Waals surface area contributed by atoms with Crippen LogP contribution in [-0.2, 0) is 4.79 Å². The Bertz CT molecular complexity index is 592. The average Bonchev–Trinajstić information content (AvgIpc) is 2.50. The number of carbonyl (C=O) groups excluding carboxylic acids is 1. The topological polar surface area (TPSA) is 64.4 Å². The number of benzene rings is 2. The minimum absolute atomic E-state index is 0.0956. The molecule has 0 heterocycles. The number of nitrogens with one attached hydrogen (secondary N) is 1. The van der Waals surface area contributed by atoms with Gasteiger partial charge in [-0.05, 0) is 50.2 Å². The molecule has 0 radical (unpaired) electrons. The van der Waals surface area contributed by atoms with Crippen LogP contribution in [0.4, 0.5) is 5.69 Å². The molecular weight excluding hydrogens is 264 g/mol. The van der Waals surface area contributed by atoms with Crippen LogP contribution in [0.5, 0.6) is 11.5 Å². The highest BCUT2D eigenvalue weighted by molar-refractivity contribution is 5.95. The summed E-state index contributed by atoms with van der Waals surface area (Å²) in [5, 5.41) is 2.85. The first-order valence-electron chi connectivity index (χ1n) is 6.86. The van der Waals surface area contributed by atoms with Crippen molar-refractivity contribution >= 4 is 11.6 Å². The lowest BCUT2D eigenvalue weighted by Crippen LogP contribution is -2.37. The molecule has 2 aromatic rings. The first-order chi connectivity index (χ1) is 10.0. The van der Waals surface area contributed by atoms with Crippen LogP contribution >= 0.6 is 0 Å². The maximum absolute atomic E-state index is 12.0. The molecule has 2 aromatic carbocycles. The molecule has 2 rings (SSSR count). The van der Waals surface area contributed by atoms with Crippen LogP contribution in [0.15, 0.2) is 54.6 Å². The van der Waals surface area contributed by atoms with Gasteiger partial charge in [0.05, 0.1) is 5.41 Å². The Labute approximate surface area is 124 Å². The van der Waals surface area contributed by atoms with Crippen LogP contribution in [0.2, 0.25) is 0 Å². The molecule has 0 unspecified atom stereocenters. The highest BCUT2D eigenvalue weighted by Crippen LogP contribution is 2.23. The van der Waals surface area contributed by atoms with E-state index in [0.717, 1.165) is 17.2 Å². The third kappa shape index (κ3) is 4.07. The van der Waals surface area contributed by atoms with Crippen LogP contribution in [0.3, 0.4) is 0 Å². The van der Waals surface area contributed by atoms with Gasteiger partial charge in [0.2, 0.25) is 5.91 Å². The Morgan fingerprint density at radius 3 is 2.19 bits per heavy atom. The Morgan fingerprint density at radius 1 is 1.05 bits per heavy atom. The summed E-state index contributed by atoms with van der Waals surface area (Å²) in [5.41, 5.74) is 5.73. The van der Waals surface area contributed by atoms with Crippen LogP contribution in [-0.4, -0.2) is 12.5 Å². The lowest BCUT2D eigenvalue weighted by molar-refractivity contribution is -0.123.